The lowest BCUT2D eigenvalue weighted by atomic mass is 9.95. The summed E-state index contributed by atoms with van der Waals surface area (Å²) in [5, 5.41) is 25.9. The second kappa shape index (κ2) is 5.41. The molecule has 0 rings (SSSR count). The minimum absolute atomic E-state index is 0.123. The lowest BCUT2D eigenvalue weighted by Gasteiger charge is -2.24. The molecule has 1 atom stereocenters. The quantitative estimate of drug-likeness (QED) is 0.483. The van der Waals surface area contributed by atoms with E-state index in [0.29, 0.717) is 0 Å². The summed E-state index contributed by atoms with van der Waals surface area (Å²) in [6.07, 6.45) is 0.000646. The van der Waals surface area contributed by atoms with Gasteiger partial charge in [0.1, 0.15) is 11.3 Å². The van der Waals surface area contributed by atoms with E-state index in [-0.39, 0.29) is 25.2 Å². The van der Waals surface area contributed by atoms with Gasteiger partial charge in [-0.2, -0.15) is 0 Å². The number of hydrogen-bond donors (Lipinski definition) is 3. The highest BCUT2D eigenvalue weighted by Gasteiger charge is 2.27. The third kappa shape index (κ3) is 6.53. The number of nitrogens with one attached hydrogen (secondary N) is 1. The van der Waals surface area contributed by atoms with E-state index in [9.17, 15) is 9.90 Å². The minimum atomic E-state index is -1.25. The molecule has 0 aliphatic heterocycles. The van der Waals surface area contributed by atoms with E-state index in [1.165, 1.54) is 6.92 Å². The molecule has 0 aromatic carbocycles. The van der Waals surface area contributed by atoms with E-state index in [0.717, 1.165) is 0 Å². The van der Waals surface area contributed by atoms with Crippen molar-refractivity contribution < 1.29 is 19.7 Å². The van der Waals surface area contributed by atoms with Crippen molar-refractivity contribution in [2.45, 2.75) is 51.7 Å². The first-order valence-electron chi connectivity index (χ1n) is 5.21. The summed E-state index contributed by atoms with van der Waals surface area (Å²) >= 11 is 0. The van der Waals surface area contributed by atoms with Gasteiger partial charge in [0.25, 0.3) is 0 Å². The van der Waals surface area contributed by atoms with Crippen molar-refractivity contribution in [3.63, 3.8) is 0 Å². The normalized spacial score (nSPS) is 15.4. The molecule has 0 saturated heterocycles. The number of carbonyl (C=O) groups is 1. The Morgan fingerprint density at radius 1 is 1.31 bits per heavy atom. The van der Waals surface area contributed by atoms with Gasteiger partial charge in [-0.1, -0.05) is 0 Å². The fraction of sp³-hybridized carbons (Fsp3) is 0.818. The van der Waals surface area contributed by atoms with Gasteiger partial charge < -0.3 is 14.9 Å². The van der Waals surface area contributed by atoms with Gasteiger partial charge in [0.2, 0.25) is 0 Å². The van der Waals surface area contributed by atoms with Gasteiger partial charge in [0.05, 0.1) is 5.60 Å². The Morgan fingerprint density at radius 3 is 2.19 bits per heavy atom. The van der Waals surface area contributed by atoms with Crippen LogP contribution < -0.4 is 0 Å². The summed E-state index contributed by atoms with van der Waals surface area (Å²) in [6, 6.07) is 0. The van der Waals surface area contributed by atoms with Gasteiger partial charge in [-0.3, -0.25) is 5.41 Å². The number of hydrogen-bond acceptors (Lipinski definition) is 5. The molecule has 0 heterocycles. The van der Waals surface area contributed by atoms with Crippen LogP contribution in [0.2, 0.25) is 0 Å². The lowest BCUT2D eigenvalue weighted by Crippen LogP contribution is -2.35. The van der Waals surface area contributed by atoms with Crippen molar-refractivity contribution >= 4 is 11.7 Å². The molecule has 0 bridgehead atoms. The lowest BCUT2D eigenvalue weighted by molar-refractivity contribution is -0.146. The molecule has 1 unspecified atom stereocenters. The summed E-state index contributed by atoms with van der Waals surface area (Å²) in [6.45, 7) is 6.43. The third-order valence-corrected chi connectivity index (χ3v) is 1.85. The standard InChI is InChI=1S/C11H21NO4/c1-10(2,3)16-9(14)8(12)7-11(4,15)5-6-13/h12-13,15H,5-7H2,1-4H3. The van der Waals surface area contributed by atoms with E-state index in [1.807, 2.05) is 0 Å². The topological polar surface area (TPSA) is 90.6 Å². The van der Waals surface area contributed by atoms with E-state index in [1.54, 1.807) is 20.8 Å². The van der Waals surface area contributed by atoms with Gasteiger partial charge in [-0.15, -0.1) is 0 Å². The van der Waals surface area contributed by atoms with E-state index in [2.05, 4.69) is 0 Å². The zero-order valence-corrected chi connectivity index (χ0v) is 10.3. The molecule has 3 N–H and O–H groups in total. The highest BCUT2D eigenvalue weighted by Crippen LogP contribution is 2.16. The molecule has 94 valence electrons. The summed E-state index contributed by atoms with van der Waals surface area (Å²) in [7, 11) is 0. The zero-order valence-electron chi connectivity index (χ0n) is 10.3. The number of aliphatic hydroxyl groups is 2. The summed E-state index contributed by atoms with van der Waals surface area (Å²) in [4.78, 5) is 11.4. The SMILES string of the molecule is CC(O)(CCO)CC(=N)C(=O)OC(C)(C)C. The number of ether oxygens (including phenoxy) is 1. The smallest absolute Gasteiger partial charge is 0.352 e. The second-order valence-corrected chi connectivity index (χ2v) is 5.13. The van der Waals surface area contributed by atoms with Crippen LogP contribution in [0.15, 0.2) is 0 Å². The van der Waals surface area contributed by atoms with E-state index in [4.69, 9.17) is 15.3 Å². The maximum Gasteiger partial charge on any atom is 0.352 e. The van der Waals surface area contributed by atoms with Crippen LogP contribution in [-0.4, -0.2) is 39.7 Å². The third-order valence-electron chi connectivity index (χ3n) is 1.85. The first kappa shape index (κ1) is 15.1. The van der Waals surface area contributed by atoms with Gasteiger partial charge >= 0.3 is 5.97 Å². The maximum absolute atomic E-state index is 11.4. The Labute approximate surface area is 95.9 Å². The molecular weight excluding hydrogens is 210 g/mol. The molecule has 0 aromatic heterocycles. The molecule has 5 heteroatoms. The average Bonchev–Trinajstić information content (AvgIpc) is 1.99. The van der Waals surface area contributed by atoms with Crippen molar-refractivity contribution in [1.29, 1.82) is 5.41 Å². The van der Waals surface area contributed by atoms with Crippen molar-refractivity contribution in [1.82, 2.24) is 0 Å². The van der Waals surface area contributed by atoms with Crippen LogP contribution in [0.5, 0.6) is 0 Å². The van der Waals surface area contributed by atoms with Crippen LogP contribution in [-0.2, 0) is 9.53 Å². The average molecular weight is 231 g/mol. The number of aliphatic hydroxyl groups excluding tert-OH is 1. The molecule has 16 heavy (non-hydrogen) atoms. The Kier molecular flexibility index (Phi) is 5.09. The maximum atomic E-state index is 11.4. The summed E-state index contributed by atoms with van der Waals surface area (Å²) in [5.74, 6) is -0.731. The Morgan fingerprint density at radius 2 is 1.81 bits per heavy atom. The molecule has 0 aliphatic carbocycles. The molecule has 0 saturated carbocycles. The predicted octanol–water partition coefficient (Wildman–Crippen LogP) is 0.871. The highest BCUT2D eigenvalue weighted by molar-refractivity contribution is 6.35. The highest BCUT2D eigenvalue weighted by atomic mass is 16.6. The van der Waals surface area contributed by atoms with Gasteiger partial charge in [0, 0.05) is 13.0 Å². The van der Waals surface area contributed by atoms with Crippen molar-refractivity contribution in [2.75, 3.05) is 6.61 Å². The van der Waals surface area contributed by atoms with Crippen LogP contribution in [0.25, 0.3) is 0 Å². The number of rotatable bonds is 5. The van der Waals surface area contributed by atoms with Gasteiger partial charge in [-0.25, -0.2) is 4.79 Å². The summed E-state index contributed by atoms with van der Waals surface area (Å²) in [5.41, 5.74) is -2.18. The fourth-order valence-electron chi connectivity index (χ4n) is 1.12. The molecule has 0 aliphatic rings. The predicted molar refractivity (Wildman–Crippen MR) is 60.5 cm³/mol. The molecular formula is C11H21NO4. The minimum Gasteiger partial charge on any atom is -0.456 e. The van der Waals surface area contributed by atoms with Crippen LogP contribution in [0.4, 0.5) is 0 Å². The molecule has 0 aromatic rings. The zero-order chi connectivity index (χ0) is 13.0. The fourth-order valence-corrected chi connectivity index (χ4v) is 1.12. The summed E-state index contributed by atoms with van der Waals surface area (Å²) < 4.78 is 4.99. The Balaban J connectivity index is 4.32. The first-order chi connectivity index (χ1) is 7.07. The van der Waals surface area contributed by atoms with Gasteiger partial charge in [0.15, 0.2) is 0 Å². The van der Waals surface area contributed by atoms with Crippen LogP contribution in [0, 0.1) is 5.41 Å². The first-order valence-corrected chi connectivity index (χ1v) is 5.21. The Bertz CT molecular complexity index is 266. The monoisotopic (exact) mass is 231 g/mol. The van der Waals surface area contributed by atoms with Crippen molar-refractivity contribution in [3.05, 3.63) is 0 Å². The molecule has 0 fully saturated rings. The van der Waals surface area contributed by atoms with E-state index < -0.39 is 17.2 Å². The molecule has 5 nitrogen and oxygen atoms in total. The molecule has 0 spiro atoms. The van der Waals surface area contributed by atoms with E-state index >= 15 is 0 Å². The van der Waals surface area contributed by atoms with Crippen LogP contribution >= 0.6 is 0 Å². The van der Waals surface area contributed by atoms with Crippen LogP contribution in [0.3, 0.4) is 0 Å². The molecule has 0 radical (unpaired) electrons. The van der Waals surface area contributed by atoms with Crippen LogP contribution in [0.1, 0.15) is 40.5 Å². The largest absolute Gasteiger partial charge is 0.456 e. The van der Waals surface area contributed by atoms with Crippen molar-refractivity contribution in [2.24, 2.45) is 0 Å². The number of carbonyl (C=O) groups excluding carboxylic acids is 1. The second-order valence-electron chi connectivity index (χ2n) is 5.13. The Hall–Kier alpha value is -0.940. The number of esters is 1. The van der Waals surface area contributed by atoms with Crippen molar-refractivity contribution in [3.8, 4) is 0 Å². The molecule has 0 amide bonds. The van der Waals surface area contributed by atoms with Gasteiger partial charge in [-0.05, 0) is 34.1 Å².